The normalized spacial score (nSPS) is 12.2. The molecular weight excluding hydrogens is 235 g/mol. The molecule has 90 valence electrons. The first kappa shape index (κ1) is 12.6. The summed E-state index contributed by atoms with van der Waals surface area (Å²) < 4.78 is 61.3. The Morgan fingerprint density at radius 1 is 1.38 bits per heavy atom. The fourth-order valence-electron chi connectivity index (χ4n) is 1.07. The van der Waals surface area contributed by atoms with Gasteiger partial charge in [-0.15, -0.1) is 0 Å². The van der Waals surface area contributed by atoms with Crippen molar-refractivity contribution in [3.05, 3.63) is 23.0 Å². The van der Waals surface area contributed by atoms with E-state index in [2.05, 4.69) is 4.98 Å². The molecule has 1 aromatic rings. The number of rotatable bonds is 2. The van der Waals surface area contributed by atoms with Crippen LogP contribution in [-0.2, 0) is 12.7 Å². The van der Waals surface area contributed by atoms with Crippen molar-refractivity contribution in [1.29, 1.82) is 0 Å². The molecule has 0 bridgehead atoms. The van der Waals surface area contributed by atoms with Crippen LogP contribution in [0.2, 0.25) is 0 Å². The van der Waals surface area contributed by atoms with Crippen LogP contribution >= 0.6 is 0 Å². The van der Waals surface area contributed by atoms with Crippen molar-refractivity contribution < 1.29 is 27.1 Å². The summed E-state index contributed by atoms with van der Waals surface area (Å²) in [6.45, 7) is -0.489. The number of nitrogens with zero attached hydrogens (tertiary/aromatic N) is 1. The van der Waals surface area contributed by atoms with Crippen LogP contribution in [0, 0.1) is 0 Å². The second kappa shape index (κ2) is 4.20. The number of aromatic nitrogens is 1. The lowest BCUT2D eigenvalue weighted by molar-refractivity contribution is -0.141. The lowest BCUT2D eigenvalue weighted by Crippen LogP contribution is -2.12. The average molecular weight is 242 g/mol. The molecule has 0 saturated heterocycles. The number of hydrogen-bond acceptors (Lipinski definition) is 3. The molecule has 0 spiro atoms. The number of alkyl halides is 5. The molecule has 0 amide bonds. The quantitative estimate of drug-likeness (QED) is 0.781. The van der Waals surface area contributed by atoms with E-state index >= 15 is 0 Å². The number of pyridine rings is 1. The minimum absolute atomic E-state index is 0.419. The van der Waals surface area contributed by atoms with E-state index in [9.17, 15) is 22.0 Å². The van der Waals surface area contributed by atoms with Crippen LogP contribution in [0.1, 0.15) is 23.4 Å². The summed E-state index contributed by atoms with van der Waals surface area (Å²) >= 11 is 0. The Labute approximate surface area is 86.7 Å². The van der Waals surface area contributed by atoms with Crippen molar-refractivity contribution in [3.63, 3.8) is 0 Å². The van der Waals surface area contributed by atoms with Gasteiger partial charge in [-0.3, -0.25) is 0 Å². The Balaban J connectivity index is 3.40. The summed E-state index contributed by atoms with van der Waals surface area (Å²) in [5.41, 5.74) is 1.80. The highest BCUT2D eigenvalue weighted by Crippen LogP contribution is 2.35. The highest BCUT2D eigenvalue weighted by Gasteiger charge is 2.35. The topological polar surface area (TPSA) is 59.1 Å². The van der Waals surface area contributed by atoms with Crippen LogP contribution in [0.25, 0.3) is 0 Å². The Bertz CT molecular complexity index is 391. The zero-order valence-electron chi connectivity index (χ0n) is 7.72. The summed E-state index contributed by atoms with van der Waals surface area (Å²) in [4.78, 5) is 2.67. The first-order chi connectivity index (χ1) is 7.27. The smallest absolute Gasteiger partial charge is 0.433 e. The number of hydrogen-bond donors (Lipinski definition) is 2. The van der Waals surface area contributed by atoms with Crippen LogP contribution in [0.5, 0.6) is 5.75 Å². The summed E-state index contributed by atoms with van der Waals surface area (Å²) in [5.74, 6) is -0.995. The lowest BCUT2D eigenvalue weighted by Gasteiger charge is -2.12. The van der Waals surface area contributed by atoms with Crippen LogP contribution in [-0.4, -0.2) is 10.1 Å². The van der Waals surface area contributed by atoms with E-state index in [-0.39, 0.29) is 0 Å². The van der Waals surface area contributed by atoms with Gasteiger partial charge >= 0.3 is 6.18 Å². The van der Waals surface area contributed by atoms with Crippen molar-refractivity contribution in [2.75, 3.05) is 0 Å². The van der Waals surface area contributed by atoms with Gasteiger partial charge in [-0.05, 0) is 6.07 Å². The number of aromatic hydroxyl groups is 1. The standard InChI is InChI=1S/C8H7F5N2O/c9-7(10)5-6(16)3(2-14)1-4(15-5)8(11,12)13/h1,7,16H,2,14H2. The zero-order chi connectivity index (χ0) is 12.5. The molecule has 0 radical (unpaired) electrons. The average Bonchev–Trinajstić information content (AvgIpc) is 2.15. The molecule has 8 heteroatoms. The highest BCUT2D eigenvalue weighted by molar-refractivity contribution is 5.39. The van der Waals surface area contributed by atoms with Crippen molar-refractivity contribution in [2.24, 2.45) is 5.73 Å². The summed E-state index contributed by atoms with van der Waals surface area (Å²) in [7, 11) is 0. The van der Waals surface area contributed by atoms with E-state index in [4.69, 9.17) is 10.8 Å². The number of nitrogens with two attached hydrogens (primary N) is 1. The van der Waals surface area contributed by atoms with Gasteiger partial charge in [0.2, 0.25) is 0 Å². The fourth-order valence-corrected chi connectivity index (χ4v) is 1.07. The first-order valence-electron chi connectivity index (χ1n) is 4.05. The van der Waals surface area contributed by atoms with Crippen LogP contribution < -0.4 is 5.73 Å². The first-order valence-corrected chi connectivity index (χ1v) is 4.05. The molecule has 3 N–H and O–H groups in total. The third kappa shape index (κ3) is 2.38. The van der Waals surface area contributed by atoms with Gasteiger partial charge in [-0.25, -0.2) is 13.8 Å². The van der Waals surface area contributed by atoms with Gasteiger partial charge in [0, 0.05) is 12.1 Å². The molecule has 0 aliphatic rings. The molecule has 0 aliphatic heterocycles. The van der Waals surface area contributed by atoms with Gasteiger partial charge in [0.1, 0.15) is 17.1 Å². The predicted octanol–water partition coefficient (Wildman–Crippen LogP) is 2.20. The number of halogens is 5. The van der Waals surface area contributed by atoms with E-state index in [1.807, 2.05) is 0 Å². The van der Waals surface area contributed by atoms with E-state index in [1.165, 1.54) is 0 Å². The fraction of sp³-hybridized carbons (Fsp3) is 0.375. The van der Waals surface area contributed by atoms with Crippen LogP contribution in [0.3, 0.4) is 0 Å². The third-order valence-corrected chi connectivity index (χ3v) is 1.82. The van der Waals surface area contributed by atoms with E-state index in [0.29, 0.717) is 6.07 Å². The maximum absolute atomic E-state index is 12.3. The Morgan fingerprint density at radius 3 is 2.31 bits per heavy atom. The van der Waals surface area contributed by atoms with E-state index in [1.54, 1.807) is 0 Å². The Hall–Kier alpha value is -1.44. The molecule has 1 heterocycles. The van der Waals surface area contributed by atoms with Crippen LogP contribution in [0.15, 0.2) is 6.07 Å². The second-order valence-electron chi connectivity index (χ2n) is 2.90. The van der Waals surface area contributed by atoms with E-state index in [0.717, 1.165) is 0 Å². The monoisotopic (exact) mass is 242 g/mol. The Kier molecular flexibility index (Phi) is 3.32. The van der Waals surface area contributed by atoms with E-state index < -0.39 is 41.8 Å². The molecule has 0 aliphatic carbocycles. The van der Waals surface area contributed by atoms with Gasteiger partial charge in [-0.2, -0.15) is 13.2 Å². The van der Waals surface area contributed by atoms with Crippen molar-refractivity contribution >= 4 is 0 Å². The minimum Gasteiger partial charge on any atom is -0.505 e. The third-order valence-electron chi connectivity index (χ3n) is 1.82. The van der Waals surface area contributed by atoms with Crippen LogP contribution in [0.4, 0.5) is 22.0 Å². The second-order valence-corrected chi connectivity index (χ2v) is 2.90. The molecular formula is C8H7F5N2O. The van der Waals surface area contributed by atoms with Gasteiger partial charge in [-0.1, -0.05) is 0 Å². The van der Waals surface area contributed by atoms with Gasteiger partial charge in [0.25, 0.3) is 6.43 Å². The molecule has 1 aromatic heterocycles. The van der Waals surface area contributed by atoms with Gasteiger partial charge in [0.05, 0.1) is 0 Å². The molecule has 0 saturated carbocycles. The Morgan fingerprint density at radius 2 is 1.94 bits per heavy atom. The summed E-state index contributed by atoms with van der Waals surface area (Å²) in [6, 6.07) is 0.446. The summed E-state index contributed by atoms with van der Waals surface area (Å²) in [6.07, 6.45) is -8.16. The molecule has 0 atom stereocenters. The highest BCUT2D eigenvalue weighted by atomic mass is 19.4. The largest absolute Gasteiger partial charge is 0.505 e. The molecule has 1 rings (SSSR count). The van der Waals surface area contributed by atoms with Gasteiger partial charge in [0.15, 0.2) is 0 Å². The summed E-state index contributed by atoms with van der Waals surface area (Å²) in [5, 5.41) is 9.16. The molecule has 0 fully saturated rings. The molecule has 0 aromatic carbocycles. The SMILES string of the molecule is NCc1cc(C(F)(F)F)nc(C(F)F)c1O. The zero-order valence-corrected chi connectivity index (χ0v) is 7.72. The molecule has 3 nitrogen and oxygen atoms in total. The van der Waals surface area contributed by atoms with Crippen molar-refractivity contribution in [2.45, 2.75) is 19.1 Å². The molecule has 0 unspecified atom stereocenters. The maximum Gasteiger partial charge on any atom is 0.433 e. The maximum atomic E-state index is 12.3. The minimum atomic E-state index is -4.86. The lowest BCUT2D eigenvalue weighted by atomic mass is 10.1. The van der Waals surface area contributed by atoms with Crippen molar-refractivity contribution in [3.8, 4) is 5.75 Å². The molecule has 16 heavy (non-hydrogen) atoms. The van der Waals surface area contributed by atoms with Crippen molar-refractivity contribution in [1.82, 2.24) is 4.98 Å². The predicted molar refractivity (Wildman–Crippen MR) is 43.8 cm³/mol. The van der Waals surface area contributed by atoms with Gasteiger partial charge < -0.3 is 10.8 Å².